The van der Waals surface area contributed by atoms with Gasteiger partial charge in [-0.1, -0.05) is 6.07 Å². The second-order valence-corrected chi connectivity index (χ2v) is 11.1. The van der Waals surface area contributed by atoms with E-state index in [1.807, 2.05) is 36.5 Å². The Morgan fingerprint density at radius 2 is 1.75 bits per heavy atom. The lowest BCUT2D eigenvalue weighted by Crippen LogP contribution is -2.32. The largest absolute Gasteiger partial charge is 0.507 e. The summed E-state index contributed by atoms with van der Waals surface area (Å²) >= 11 is 1.41. The van der Waals surface area contributed by atoms with Crippen molar-refractivity contribution < 1.29 is 23.1 Å². The van der Waals surface area contributed by atoms with Gasteiger partial charge in [0.1, 0.15) is 5.76 Å². The first-order valence-electron chi connectivity index (χ1n) is 10.0. The minimum Gasteiger partial charge on any atom is -0.507 e. The number of aliphatic hydroxyl groups excluding tert-OH is 1. The summed E-state index contributed by atoms with van der Waals surface area (Å²) in [5.74, 6) is -1.70. The molecule has 0 saturated carbocycles. The highest BCUT2D eigenvalue weighted by atomic mass is 32.2. The highest BCUT2D eigenvalue weighted by Crippen LogP contribution is 2.41. The monoisotopic (exact) mass is 477 g/mol. The second-order valence-electron chi connectivity index (χ2n) is 7.98. The molecule has 2 heterocycles. The molecule has 10 heteroatoms. The summed E-state index contributed by atoms with van der Waals surface area (Å²) in [4.78, 5) is 30.1. The number of amides is 1. The molecule has 172 valence electrons. The van der Waals surface area contributed by atoms with Crippen LogP contribution in [0.25, 0.3) is 5.76 Å². The van der Waals surface area contributed by atoms with E-state index in [4.69, 9.17) is 0 Å². The molecule has 0 aliphatic carbocycles. The molecule has 2 aromatic rings. The molecule has 1 saturated heterocycles. The summed E-state index contributed by atoms with van der Waals surface area (Å²) in [6, 6.07) is 8.62. The van der Waals surface area contributed by atoms with Crippen LogP contribution in [0.15, 0.2) is 52.2 Å². The van der Waals surface area contributed by atoms with Crippen LogP contribution < -0.4 is 0 Å². The number of thiophene rings is 1. The lowest BCUT2D eigenvalue weighted by Gasteiger charge is -2.24. The summed E-state index contributed by atoms with van der Waals surface area (Å²) in [6.07, 6.45) is 0.680. The number of carbonyl (C=O) groups excluding carboxylic acids is 2. The maximum Gasteiger partial charge on any atom is 0.295 e. The van der Waals surface area contributed by atoms with E-state index in [1.165, 1.54) is 54.6 Å². The number of rotatable bonds is 8. The molecule has 1 aromatic heterocycles. The number of carbonyl (C=O) groups is 2. The van der Waals surface area contributed by atoms with Gasteiger partial charge in [0.05, 0.1) is 16.5 Å². The Morgan fingerprint density at radius 3 is 2.28 bits per heavy atom. The fourth-order valence-corrected chi connectivity index (χ4v) is 5.31. The van der Waals surface area contributed by atoms with Crippen molar-refractivity contribution in [3.8, 4) is 0 Å². The Hall–Kier alpha value is -2.53. The molecule has 1 fully saturated rings. The number of hydrogen-bond donors (Lipinski definition) is 1. The Kier molecular flexibility index (Phi) is 7.19. The van der Waals surface area contributed by atoms with Crippen LogP contribution in [0.3, 0.4) is 0 Å². The number of Topliss-reactive ketones (excluding diaryl/α,β-unsaturated/α-hetero) is 1. The van der Waals surface area contributed by atoms with Crippen LogP contribution in [-0.2, 0) is 19.6 Å². The summed E-state index contributed by atoms with van der Waals surface area (Å²) in [5.41, 5.74) is 0.293. The highest BCUT2D eigenvalue weighted by Gasteiger charge is 2.46. The van der Waals surface area contributed by atoms with Gasteiger partial charge in [0, 0.05) is 31.1 Å². The fraction of sp³-hybridized carbons (Fsp3) is 0.364. The van der Waals surface area contributed by atoms with Gasteiger partial charge in [0.2, 0.25) is 10.0 Å². The Bertz CT molecular complexity index is 1120. The van der Waals surface area contributed by atoms with Crippen LogP contribution >= 0.6 is 11.3 Å². The molecule has 1 aliphatic heterocycles. The predicted octanol–water partition coefficient (Wildman–Crippen LogP) is 2.37. The second kappa shape index (κ2) is 9.53. The molecule has 1 unspecified atom stereocenters. The minimum atomic E-state index is -3.63. The maximum absolute atomic E-state index is 12.9. The van der Waals surface area contributed by atoms with Gasteiger partial charge in [-0.2, -0.15) is 0 Å². The van der Waals surface area contributed by atoms with Crippen molar-refractivity contribution in [1.82, 2.24) is 14.1 Å². The maximum atomic E-state index is 12.9. The number of sulfonamides is 1. The SMILES string of the molecule is CN(C)CCCN1C(=O)C(=O)/C(=C(/O)c2ccc(S(=O)(=O)N(C)C)cc2)C1c1cccs1. The number of aliphatic hydroxyl groups is 1. The smallest absolute Gasteiger partial charge is 0.295 e. The van der Waals surface area contributed by atoms with Crippen LogP contribution in [0.5, 0.6) is 0 Å². The number of benzene rings is 1. The average Bonchev–Trinajstić information content (AvgIpc) is 3.35. The molecule has 1 aliphatic rings. The Balaban J connectivity index is 2.03. The van der Waals surface area contributed by atoms with Gasteiger partial charge < -0.3 is 14.9 Å². The fourth-order valence-electron chi connectivity index (χ4n) is 3.56. The summed E-state index contributed by atoms with van der Waals surface area (Å²) in [5, 5.41) is 12.9. The third kappa shape index (κ3) is 4.63. The molecule has 1 aromatic carbocycles. The summed E-state index contributed by atoms with van der Waals surface area (Å²) in [7, 11) is 3.11. The highest BCUT2D eigenvalue weighted by molar-refractivity contribution is 7.89. The normalized spacial score (nSPS) is 18.8. The molecule has 1 N–H and O–H groups in total. The minimum absolute atomic E-state index is 0.0190. The van der Waals surface area contributed by atoms with Gasteiger partial charge in [-0.05, 0) is 62.8 Å². The number of ketones is 1. The van der Waals surface area contributed by atoms with Crippen molar-refractivity contribution in [2.75, 3.05) is 41.3 Å². The van der Waals surface area contributed by atoms with Gasteiger partial charge >= 0.3 is 0 Å². The lowest BCUT2D eigenvalue weighted by atomic mass is 10.00. The van der Waals surface area contributed by atoms with Crippen molar-refractivity contribution >= 4 is 38.8 Å². The van der Waals surface area contributed by atoms with Crippen molar-refractivity contribution in [3.63, 3.8) is 0 Å². The molecule has 0 bridgehead atoms. The zero-order valence-corrected chi connectivity index (χ0v) is 20.1. The zero-order chi connectivity index (χ0) is 23.6. The molecule has 8 nitrogen and oxygen atoms in total. The van der Waals surface area contributed by atoms with E-state index in [1.54, 1.807) is 0 Å². The number of nitrogens with zero attached hydrogens (tertiary/aromatic N) is 3. The first kappa shape index (κ1) is 24.1. The van der Waals surface area contributed by atoms with Crippen LogP contribution in [-0.4, -0.2) is 80.6 Å². The van der Waals surface area contributed by atoms with Gasteiger partial charge in [-0.3, -0.25) is 9.59 Å². The molecule has 3 rings (SSSR count). The quantitative estimate of drug-likeness (QED) is 0.356. The first-order chi connectivity index (χ1) is 15.1. The lowest BCUT2D eigenvalue weighted by molar-refractivity contribution is -0.139. The van der Waals surface area contributed by atoms with E-state index in [2.05, 4.69) is 0 Å². The van der Waals surface area contributed by atoms with E-state index in [-0.39, 0.29) is 21.8 Å². The van der Waals surface area contributed by atoms with E-state index >= 15 is 0 Å². The molecule has 0 spiro atoms. The van der Waals surface area contributed by atoms with Crippen LogP contribution in [0.2, 0.25) is 0 Å². The van der Waals surface area contributed by atoms with Gasteiger partial charge in [-0.15, -0.1) is 11.3 Å². The third-order valence-electron chi connectivity index (χ3n) is 5.26. The molecular formula is C22H27N3O5S2. The Morgan fingerprint density at radius 1 is 1.09 bits per heavy atom. The predicted molar refractivity (Wildman–Crippen MR) is 124 cm³/mol. The molecule has 1 atom stereocenters. The molecule has 1 amide bonds. The summed E-state index contributed by atoms with van der Waals surface area (Å²) < 4.78 is 25.7. The van der Waals surface area contributed by atoms with Gasteiger partial charge in [0.15, 0.2) is 0 Å². The third-order valence-corrected chi connectivity index (χ3v) is 8.02. The number of likely N-dealkylation sites (tertiary alicyclic amines) is 1. The average molecular weight is 478 g/mol. The Labute approximate surface area is 192 Å². The zero-order valence-electron chi connectivity index (χ0n) is 18.5. The topological polar surface area (TPSA) is 98.2 Å². The van der Waals surface area contributed by atoms with Crippen molar-refractivity contribution in [1.29, 1.82) is 0 Å². The molecule has 0 radical (unpaired) electrons. The summed E-state index contributed by atoms with van der Waals surface area (Å²) in [6.45, 7) is 1.13. The number of hydrogen-bond acceptors (Lipinski definition) is 7. The molecular weight excluding hydrogens is 450 g/mol. The first-order valence-corrected chi connectivity index (χ1v) is 12.4. The van der Waals surface area contributed by atoms with E-state index in [9.17, 15) is 23.1 Å². The molecule has 32 heavy (non-hydrogen) atoms. The van der Waals surface area contributed by atoms with Gasteiger partial charge in [0.25, 0.3) is 11.7 Å². The van der Waals surface area contributed by atoms with Crippen LogP contribution in [0.1, 0.15) is 22.9 Å². The van der Waals surface area contributed by atoms with E-state index < -0.39 is 27.8 Å². The van der Waals surface area contributed by atoms with Crippen molar-refractivity contribution in [3.05, 3.63) is 57.8 Å². The van der Waals surface area contributed by atoms with Crippen LogP contribution in [0, 0.1) is 0 Å². The van der Waals surface area contributed by atoms with E-state index in [0.29, 0.717) is 13.0 Å². The van der Waals surface area contributed by atoms with Crippen LogP contribution in [0.4, 0.5) is 0 Å². The standard InChI is InChI=1S/C22H27N3O5S2/c1-23(2)12-6-13-25-19(17-7-5-14-31-17)18(21(27)22(25)28)20(26)15-8-10-16(11-9-15)32(29,30)24(3)4/h5,7-11,14,19,26H,6,12-13H2,1-4H3/b20-18+. The van der Waals surface area contributed by atoms with Gasteiger partial charge in [-0.25, -0.2) is 12.7 Å². The van der Waals surface area contributed by atoms with Crippen molar-refractivity contribution in [2.45, 2.75) is 17.4 Å². The van der Waals surface area contributed by atoms with Crippen molar-refractivity contribution in [2.24, 2.45) is 0 Å². The van der Waals surface area contributed by atoms with E-state index in [0.717, 1.165) is 15.7 Å².